The number of ether oxygens (including phenoxy) is 3. The minimum absolute atomic E-state index is 0.269. The van der Waals surface area contributed by atoms with Gasteiger partial charge in [-0.1, -0.05) is 47.5 Å². The summed E-state index contributed by atoms with van der Waals surface area (Å²) in [5.41, 5.74) is 5.39. The van der Waals surface area contributed by atoms with Gasteiger partial charge >= 0.3 is 0 Å². The molecule has 1 aliphatic rings. The third-order valence-corrected chi connectivity index (χ3v) is 6.50. The van der Waals surface area contributed by atoms with Crippen LogP contribution in [0, 0.1) is 0 Å². The van der Waals surface area contributed by atoms with E-state index >= 15 is 0 Å². The van der Waals surface area contributed by atoms with Gasteiger partial charge < -0.3 is 24.4 Å². The van der Waals surface area contributed by atoms with Crippen LogP contribution < -0.4 is 25.1 Å². The van der Waals surface area contributed by atoms with E-state index in [-0.39, 0.29) is 6.61 Å². The second kappa shape index (κ2) is 13.3. The molecule has 0 bridgehead atoms. The summed E-state index contributed by atoms with van der Waals surface area (Å²) in [5.74, 6) is 2.38. The van der Waals surface area contributed by atoms with E-state index in [1.807, 2.05) is 54.6 Å². The number of hydrogen-bond donors (Lipinski definition) is 2. The minimum Gasteiger partial charge on any atom is -0.493 e. The Morgan fingerprint density at radius 3 is 2.52 bits per heavy atom. The second-order valence-electron chi connectivity index (χ2n) is 8.68. The number of morpholine rings is 1. The Bertz CT molecular complexity index is 1470. The van der Waals surface area contributed by atoms with E-state index < -0.39 is 0 Å². The first-order chi connectivity index (χ1) is 19.6. The summed E-state index contributed by atoms with van der Waals surface area (Å²) in [7, 11) is 1.58. The standard InChI is InChI=1S/C28H27Cl2N7O3/c1-38-25-15-19(7-10-24(25)40-18-20-8-9-21(29)16-23(20)30)17-31-36-27-33-26(32-22-5-3-2-4-6-22)34-28(35-27)37-11-13-39-14-12-37/h2-10,15-17H,11-14,18H2,1H3,(H2,32,33,34,35,36). The van der Waals surface area contributed by atoms with Gasteiger partial charge in [0.05, 0.1) is 26.5 Å². The lowest BCUT2D eigenvalue weighted by molar-refractivity contribution is 0.122. The molecule has 0 saturated carbocycles. The third-order valence-electron chi connectivity index (χ3n) is 5.91. The third kappa shape index (κ3) is 7.29. The zero-order chi connectivity index (χ0) is 27.7. The Hall–Kier alpha value is -4.12. The average Bonchev–Trinajstić information content (AvgIpc) is 2.98. The van der Waals surface area contributed by atoms with Crippen molar-refractivity contribution in [1.29, 1.82) is 0 Å². The van der Waals surface area contributed by atoms with Crippen molar-refractivity contribution in [3.8, 4) is 11.5 Å². The quantitative estimate of drug-likeness (QED) is 0.178. The highest BCUT2D eigenvalue weighted by Gasteiger charge is 2.17. The second-order valence-corrected chi connectivity index (χ2v) is 9.52. The lowest BCUT2D eigenvalue weighted by Crippen LogP contribution is -2.37. The molecule has 0 radical (unpaired) electrons. The molecule has 5 rings (SSSR count). The van der Waals surface area contributed by atoms with Gasteiger partial charge in [0.25, 0.3) is 0 Å². The number of aromatic nitrogens is 3. The van der Waals surface area contributed by atoms with Crippen molar-refractivity contribution in [1.82, 2.24) is 15.0 Å². The van der Waals surface area contributed by atoms with Crippen LogP contribution in [0.15, 0.2) is 71.8 Å². The molecule has 1 aliphatic heterocycles. The van der Waals surface area contributed by atoms with Crippen LogP contribution in [0.2, 0.25) is 10.0 Å². The molecule has 4 aromatic rings. The van der Waals surface area contributed by atoms with E-state index in [2.05, 4.69) is 35.7 Å². The summed E-state index contributed by atoms with van der Waals surface area (Å²) in [5, 5.41) is 8.68. The highest BCUT2D eigenvalue weighted by atomic mass is 35.5. The predicted octanol–water partition coefficient (Wildman–Crippen LogP) is 5.79. The molecule has 1 saturated heterocycles. The van der Waals surface area contributed by atoms with Crippen molar-refractivity contribution < 1.29 is 14.2 Å². The van der Waals surface area contributed by atoms with Crippen LogP contribution in [0.3, 0.4) is 0 Å². The first kappa shape index (κ1) is 27.4. The maximum atomic E-state index is 6.26. The molecule has 40 heavy (non-hydrogen) atoms. The fraction of sp³-hybridized carbons (Fsp3) is 0.214. The van der Waals surface area contributed by atoms with Crippen LogP contribution in [0.1, 0.15) is 11.1 Å². The van der Waals surface area contributed by atoms with E-state index in [0.29, 0.717) is 65.7 Å². The highest BCUT2D eigenvalue weighted by molar-refractivity contribution is 6.35. The summed E-state index contributed by atoms with van der Waals surface area (Å²) in [4.78, 5) is 15.7. The van der Waals surface area contributed by atoms with Crippen LogP contribution >= 0.6 is 23.2 Å². The predicted molar refractivity (Wildman–Crippen MR) is 158 cm³/mol. The zero-order valence-corrected chi connectivity index (χ0v) is 23.2. The van der Waals surface area contributed by atoms with Gasteiger partial charge in [-0.3, -0.25) is 0 Å². The molecule has 1 aromatic heterocycles. The van der Waals surface area contributed by atoms with Crippen molar-refractivity contribution in [3.63, 3.8) is 0 Å². The number of halogens is 2. The molecule has 206 valence electrons. The lowest BCUT2D eigenvalue weighted by Gasteiger charge is -2.27. The molecular formula is C28H27Cl2N7O3. The zero-order valence-electron chi connectivity index (χ0n) is 21.7. The maximum absolute atomic E-state index is 6.26. The number of hydrazone groups is 1. The van der Waals surface area contributed by atoms with Crippen molar-refractivity contribution in [2.75, 3.05) is 49.1 Å². The van der Waals surface area contributed by atoms with Crippen LogP contribution in [-0.4, -0.2) is 54.6 Å². The van der Waals surface area contributed by atoms with Gasteiger partial charge in [0, 0.05) is 34.4 Å². The molecule has 10 nitrogen and oxygen atoms in total. The topological polar surface area (TPSA) is 106 Å². The van der Waals surface area contributed by atoms with Gasteiger partial charge in [0.15, 0.2) is 11.5 Å². The number of para-hydroxylation sites is 1. The SMILES string of the molecule is COc1cc(C=NNc2nc(Nc3ccccc3)nc(N3CCOCC3)n2)ccc1OCc1ccc(Cl)cc1Cl. The van der Waals surface area contributed by atoms with Crippen molar-refractivity contribution in [2.45, 2.75) is 6.61 Å². The molecule has 2 N–H and O–H groups in total. The molecule has 0 amide bonds. The fourth-order valence-electron chi connectivity index (χ4n) is 3.87. The van der Waals surface area contributed by atoms with E-state index in [9.17, 15) is 0 Å². The van der Waals surface area contributed by atoms with Crippen molar-refractivity contribution in [3.05, 3.63) is 87.9 Å². The molecule has 0 atom stereocenters. The first-order valence-corrected chi connectivity index (χ1v) is 13.3. The Morgan fingerprint density at radius 1 is 0.950 bits per heavy atom. The van der Waals surface area contributed by atoms with Gasteiger partial charge in [0.1, 0.15) is 6.61 Å². The van der Waals surface area contributed by atoms with Gasteiger partial charge in [-0.05, 0) is 48.0 Å². The highest BCUT2D eigenvalue weighted by Crippen LogP contribution is 2.30. The number of rotatable bonds is 10. The number of anilines is 4. The summed E-state index contributed by atoms with van der Waals surface area (Å²) < 4.78 is 16.9. The van der Waals surface area contributed by atoms with Crippen LogP contribution in [0.25, 0.3) is 0 Å². The monoisotopic (exact) mass is 579 g/mol. The summed E-state index contributed by atoms with van der Waals surface area (Å²) in [6.07, 6.45) is 1.64. The Morgan fingerprint density at radius 2 is 1.75 bits per heavy atom. The van der Waals surface area contributed by atoms with Crippen LogP contribution in [0.5, 0.6) is 11.5 Å². The smallest absolute Gasteiger partial charge is 0.250 e. The summed E-state index contributed by atoms with van der Waals surface area (Å²) in [6.45, 7) is 2.88. The van der Waals surface area contributed by atoms with Crippen molar-refractivity contribution in [2.24, 2.45) is 5.10 Å². The maximum Gasteiger partial charge on any atom is 0.250 e. The normalized spacial score (nSPS) is 13.3. The molecule has 0 spiro atoms. The summed E-state index contributed by atoms with van der Waals surface area (Å²) >= 11 is 12.2. The van der Waals surface area contributed by atoms with Gasteiger partial charge in [0.2, 0.25) is 17.8 Å². The number of methoxy groups -OCH3 is 1. The molecule has 1 fully saturated rings. The number of nitrogens with zero attached hydrogens (tertiary/aromatic N) is 5. The Balaban J connectivity index is 1.29. The van der Waals surface area contributed by atoms with Crippen LogP contribution in [0.4, 0.5) is 23.5 Å². The average molecular weight is 580 g/mol. The van der Waals surface area contributed by atoms with E-state index in [4.69, 9.17) is 37.4 Å². The van der Waals surface area contributed by atoms with Gasteiger partial charge in [-0.2, -0.15) is 20.1 Å². The fourth-order valence-corrected chi connectivity index (χ4v) is 4.33. The van der Waals surface area contributed by atoms with E-state index in [0.717, 1.165) is 16.8 Å². The molecular weight excluding hydrogens is 553 g/mol. The number of benzene rings is 3. The Kier molecular flexibility index (Phi) is 9.12. The van der Waals surface area contributed by atoms with Crippen molar-refractivity contribution >= 4 is 52.9 Å². The minimum atomic E-state index is 0.269. The summed E-state index contributed by atoms with van der Waals surface area (Å²) in [6, 6.07) is 20.5. The molecule has 12 heteroatoms. The van der Waals surface area contributed by atoms with Crippen LogP contribution in [-0.2, 0) is 11.3 Å². The number of hydrogen-bond acceptors (Lipinski definition) is 10. The van der Waals surface area contributed by atoms with Gasteiger partial charge in [-0.25, -0.2) is 5.43 Å². The van der Waals surface area contributed by atoms with E-state index in [1.54, 1.807) is 25.5 Å². The molecule has 0 aliphatic carbocycles. The molecule has 2 heterocycles. The molecule has 3 aromatic carbocycles. The first-order valence-electron chi connectivity index (χ1n) is 12.5. The largest absolute Gasteiger partial charge is 0.493 e. The Labute approximate surface area is 241 Å². The van der Waals surface area contributed by atoms with Gasteiger partial charge in [-0.15, -0.1) is 0 Å². The number of nitrogens with one attached hydrogen (secondary N) is 2. The lowest BCUT2D eigenvalue weighted by atomic mass is 10.2. The van der Waals surface area contributed by atoms with E-state index in [1.165, 1.54) is 0 Å². The molecule has 0 unspecified atom stereocenters.